The molecule has 4 rings (SSSR count). The van der Waals surface area contributed by atoms with Gasteiger partial charge in [-0.05, 0) is 55.3 Å². The van der Waals surface area contributed by atoms with Crippen molar-refractivity contribution in [2.45, 2.75) is 25.6 Å². The number of hydrogen-bond acceptors (Lipinski definition) is 3. The first-order valence-corrected chi connectivity index (χ1v) is 10.8. The second kappa shape index (κ2) is 8.65. The molecular formula is C27H26F3N3O. The van der Waals surface area contributed by atoms with E-state index in [1.807, 2.05) is 67.5 Å². The van der Waals surface area contributed by atoms with Crippen molar-refractivity contribution in [2.75, 3.05) is 19.0 Å². The molecule has 0 aliphatic rings. The molecule has 1 N–H and O–H groups in total. The van der Waals surface area contributed by atoms with Gasteiger partial charge < -0.3 is 10.0 Å². The van der Waals surface area contributed by atoms with Crippen LogP contribution in [0, 0.1) is 0 Å². The molecule has 4 aromatic rings. The highest BCUT2D eigenvalue weighted by atomic mass is 19.4. The van der Waals surface area contributed by atoms with Gasteiger partial charge >= 0.3 is 6.18 Å². The first-order valence-electron chi connectivity index (χ1n) is 10.8. The Balaban J connectivity index is 1.80. The highest BCUT2D eigenvalue weighted by Gasteiger charge is 2.35. The van der Waals surface area contributed by atoms with Crippen LogP contribution in [0.1, 0.15) is 25.1 Å². The number of hydrogen-bond donors (Lipinski definition) is 1. The molecule has 1 heterocycles. The van der Waals surface area contributed by atoms with Crippen molar-refractivity contribution in [3.8, 4) is 28.2 Å². The Morgan fingerprint density at radius 2 is 1.38 bits per heavy atom. The molecule has 7 heteroatoms. The summed E-state index contributed by atoms with van der Waals surface area (Å²) in [5, 5.41) is 10.5. The standard InChI is InChI=1S/C27H26F3N3O/c1-26(2,34)24-17-33(25(31-24)22-7-5-6-8-23(22)27(28,29)30)21-15-11-19(12-16-21)18-9-13-20(14-10-18)32(3)4/h5-17,34H,1-4H3. The van der Waals surface area contributed by atoms with Crippen LogP contribution < -0.4 is 4.90 Å². The molecule has 0 amide bonds. The fraction of sp³-hybridized carbons (Fsp3) is 0.222. The molecule has 0 aliphatic heterocycles. The van der Waals surface area contributed by atoms with Crippen LogP contribution in [0.5, 0.6) is 0 Å². The lowest BCUT2D eigenvalue weighted by atomic mass is 10.0. The van der Waals surface area contributed by atoms with Crippen molar-refractivity contribution in [1.82, 2.24) is 9.55 Å². The van der Waals surface area contributed by atoms with E-state index in [0.29, 0.717) is 5.69 Å². The summed E-state index contributed by atoms with van der Waals surface area (Å²) in [4.78, 5) is 6.44. The van der Waals surface area contributed by atoms with Gasteiger partial charge in [-0.2, -0.15) is 13.2 Å². The second-order valence-corrected chi connectivity index (χ2v) is 8.91. The van der Waals surface area contributed by atoms with E-state index in [1.165, 1.54) is 12.1 Å². The highest BCUT2D eigenvalue weighted by molar-refractivity contribution is 5.69. The number of imidazole rings is 1. The molecule has 0 bridgehead atoms. The van der Waals surface area contributed by atoms with Gasteiger partial charge in [0, 0.05) is 37.2 Å². The van der Waals surface area contributed by atoms with E-state index in [9.17, 15) is 18.3 Å². The van der Waals surface area contributed by atoms with E-state index in [0.717, 1.165) is 22.9 Å². The Labute approximate surface area is 196 Å². The number of aromatic nitrogens is 2. The molecule has 0 fully saturated rings. The number of halogens is 3. The molecule has 176 valence electrons. The van der Waals surface area contributed by atoms with E-state index in [2.05, 4.69) is 4.98 Å². The van der Waals surface area contributed by atoms with E-state index in [4.69, 9.17) is 0 Å². The molecule has 0 aliphatic carbocycles. The smallest absolute Gasteiger partial charge is 0.384 e. The number of nitrogens with zero attached hydrogens (tertiary/aromatic N) is 3. The minimum Gasteiger partial charge on any atom is -0.384 e. The Morgan fingerprint density at radius 3 is 1.91 bits per heavy atom. The molecule has 0 radical (unpaired) electrons. The van der Waals surface area contributed by atoms with E-state index >= 15 is 0 Å². The third-order valence-electron chi connectivity index (χ3n) is 5.67. The lowest BCUT2D eigenvalue weighted by molar-refractivity contribution is -0.137. The van der Waals surface area contributed by atoms with Crippen LogP contribution in [0.4, 0.5) is 18.9 Å². The zero-order valence-corrected chi connectivity index (χ0v) is 19.4. The van der Waals surface area contributed by atoms with Crippen LogP contribution in [0.15, 0.2) is 79.0 Å². The molecule has 0 unspecified atom stereocenters. The van der Waals surface area contributed by atoms with Crippen LogP contribution in [-0.4, -0.2) is 28.8 Å². The molecule has 34 heavy (non-hydrogen) atoms. The monoisotopic (exact) mass is 465 g/mol. The largest absolute Gasteiger partial charge is 0.417 e. The van der Waals surface area contributed by atoms with Gasteiger partial charge in [0.05, 0.1) is 11.3 Å². The molecule has 4 nitrogen and oxygen atoms in total. The lowest BCUT2D eigenvalue weighted by Crippen LogP contribution is -2.15. The zero-order valence-electron chi connectivity index (χ0n) is 19.4. The maximum atomic E-state index is 13.7. The number of benzene rings is 3. The molecule has 0 saturated heterocycles. The summed E-state index contributed by atoms with van der Waals surface area (Å²) in [6, 6.07) is 21.0. The predicted molar refractivity (Wildman–Crippen MR) is 129 cm³/mol. The number of anilines is 1. The fourth-order valence-electron chi connectivity index (χ4n) is 3.75. The average molecular weight is 466 g/mol. The first-order chi connectivity index (χ1) is 15.9. The summed E-state index contributed by atoms with van der Waals surface area (Å²) < 4.78 is 42.8. The second-order valence-electron chi connectivity index (χ2n) is 8.91. The SMILES string of the molecule is CN(C)c1ccc(-c2ccc(-n3cc(C(C)(C)O)nc3-c3ccccc3C(F)(F)F)cc2)cc1. The van der Waals surface area contributed by atoms with Gasteiger partial charge in [-0.15, -0.1) is 0 Å². The number of rotatable bonds is 5. The summed E-state index contributed by atoms with van der Waals surface area (Å²) in [5.74, 6) is 0.119. The summed E-state index contributed by atoms with van der Waals surface area (Å²) in [6.45, 7) is 3.11. The van der Waals surface area contributed by atoms with Crippen molar-refractivity contribution >= 4 is 5.69 Å². The summed E-state index contributed by atoms with van der Waals surface area (Å²) in [5.41, 5.74) is 1.88. The van der Waals surface area contributed by atoms with E-state index in [1.54, 1.807) is 30.7 Å². The summed E-state index contributed by atoms with van der Waals surface area (Å²) in [7, 11) is 3.96. The van der Waals surface area contributed by atoms with Crippen LogP contribution >= 0.6 is 0 Å². The normalized spacial score (nSPS) is 12.1. The minimum atomic E-state index is -4.54. The molecule has 3 aromatic carbocycles. The number of aliphatic hydroxyl groups is 1. The van der Waals surface area contributed by atoms with Gasteiger partial charge in [0.25, 0.3) is 0 Å². The maximum absolute atomic E-state index is 13.7. The maximum Gasteiger partial charge on any atom is 0.417 e. The van der Waals surface area contributed by atoms with E-state index in [-0.39, 0.29) is 17.1 Å². The van der Waals surface area contributed by atoms with Gasteiger partial charge in [0.1, 0.15) is 11.4 Å². The summed E-state index contributed by atoms with van der Waals surface area (Å²) in [6.07, 6.45) is -2.95. The van der Waals surface area contributed by atoms with Gasteiger partial charge in [-0.1, -0.05) is 42.5 Å². The minimum absolute atomic E-state index is 0.0474. The molecule has 1 aromatic heterocycles. The number of alkyl halides is 3. The van der Waals surface area contributed by atoms with E-state index < -0.39 is 17.3 Å². The Bertz CT molecular complexity index is 1280. The Morgan fingerprint density at radius 1 is 0.824 bits per heavy atom. The van der Waals surface area contributed by atoms with Gasteiger partial charge in [0.15, 0.2) is 0 Å². The van der Waals surface area contributed by atoms with Crippen molar-refractivity contribution in [3.05, 3.63) is 90.3 Å². The first kappa shape index (κ1) is 23.6. The highest BCUT2D eigenvalue weighted by Crippen LogP contribution is 2.38. The van der Waals surface area contributed by atoms with Crippen molar-refractivity contribution < 1.29 is 18.3 Å². The molecular weight excluding hydrogens is 439 g/mol. The topological polar surface area (TPSA) is 41.3 Å². The Kier molecular flexibility index (Phi) is 6.00. The molecule has 0 spiro atoms. The van der Waals surface area contributed by atoms with Crippen LogP contribution in [0.2, 0.25) is 0 Å². The zero-order chi connectivity index (χ0) is 24.7. The van der Waals surface area contributed by atoms with Crippen molar-refractivity contribution in [2.24, 2.45) is 0 Å². The van der Waals surface area contributed by atoms with Crippen LogP contribution in [0.3, 0.4) is 0 Å². The average Bonchev–Trinajstić information content (AvgIpc) is 3.25. The fourth-order valence-corrected chi connectivity index (χ4v) is 3.75. The van der Waals surface area contributed by atoms with Crippen LogP contribution in [-0.2, 0) is 11.8 Å². The third-order valence-corrected chi connectivity index (χ3v) is 5.67. The van der Waals surface area contributed by atoms with Gasteiger partial charge in [-0.3, -0.25) is 4.57 Å². The summed E-state index contributed by atoms with van der Waals surface area (Å²) >= 11 is 0. The Hall–Kier alpha value is -3.58. The van der Waals surface area contributed by atoms with Gasteiger partial charge in [0.2, 0.25) is 0 Å². The van der Waals surface area contributed by atoms with Crippen molar-refractivity contribution in [1.29, 1.82) is 0 Å². The van der Waals surface area contributed by atoms with Crippen LogP contribution in [0.25, 0.3) is 28.2 Å². The quantitative estimate of drug-likeness (QED) is 0.365. The third kappa shape index (κ3) is 4.70. The predicted octanol–water partition coefficient (Wildman–Crippen LogP) is 6.52. The lowest BCUT2D eigenvalue weighted by Gasteiger charge is -2.15. The van der Waals surface area contributed by atoms with Crippen molar-refractivity contribution in [3.63, 3.8) is 0 Å². The molecule has 0 saturated carbocycles. The van der Waals surface area contributed by atoms with Gasteiger partial charge in [-0.25, -0.2) is 4.98 Å². The molecule has 0 atom stereocenters.